The van der Waals surface area contributed by atoms with Gasteiger partial charge in [-0.1, -0.05) is 48.5 Å². The number of aromatic nitrogens is 2. The third-order valence-electron chi connectivity index (χ3n) is 4.71. The highest BCUT2D eigenvalue weighted by molar-refractivity contribution is 5.80. The summed E-state index contributed by atoms with van der Waals surface area (Å²) >= 11 is 0. The van der Waals surface area contributed by atoms with Gasteiger partial charge in [0, 0.05) is 6.07 Å². The van der Waals surface area contributed by atoms with E-state index in [2.05, 4.69) is 13.0 Å². The number of hydrogen-bond donors (Lipinski definition) is 0. The number of hydrogen-bond acceptors (Lipinski definition) is 3. The molecule has 0 N–H and O–H groups in total. The van der Waals surface area contributed by atoms with E-state index in [0.29, 0.717) is 28.2 Å². The molecule has 0 saturated carbocycles. The maximum absolute atomic E-state index is 13.3. The van der Waals surface area contributed by atoms with Gasteiger partial charge >= 0.3 is 0 Å². The topological polar surface area (TPSA) is 44.1 Å². The summed E-state index contributed by atoms with van der Waals surface area (Å²) < 4.78 is 6.96. The number of fused-ring (bicyclic) bond motifs is 1. The molecule has 0 atom stereocenters. The van der Waals surface area contributed by atoms with E-state index in [1.54, 1.807) is 17.7 Å². The number of benzene rings is 3. The average molecular weight is 368 g/mol. The van der Waals surface area contributed by atoms with Crippen molar-refractivity contribution < 1.29 is 4.74 Å². The summed E-state index contributed by atoms with van der Waals surface area (Å²) in [5, 5.41) is 0.582. The zero-order valence-corrected chi connectivity index (χ0v) is 15.8. The predicted molar refractivity (Wildman–Crippen MR) is 114 cm³/mol. The van der Waals surface area contributed by atoms with Gasteiger partial charge in [0.05, 0.1) is 23.7 Å². The molecule has 1 aromatic heterocycles. The van der Waals surface area contributed by atoms with Gasteiger partial charge in [0.15, 0.2) is 0 Å². The highest BCUT2D eigenvalue weighted by atomic mass is 16.5. The van der Waals surface area contributed by atoms with E-state index in [0.717, 1.165) is 11.1 Å². The largest absolute Gasteiger partial charge is 0.497 e. The van der Waals surface area contributed by atoms with Gasteiger partial charge in [0.25, 0.3) is 5.56 Å². The summed E-state index contributed by atoms with van der Waals surface area (Å²) in [6, 6.07) is 22.9. The molecule has 0 fully saturated rings. The fraction of sp³-hybridized carbons (Fsp3) is 0.0833. The van der Waals surface area contributed by atoms with Crippen LogP contribution in [0.4, 0.5) is 0 Å². The molecule has 0 unspecified atom stereocenters. The fourth-order valence-electron chi connectivity index (χ4n) is 3.20. The Morgan fingerprint density at radius 1 is 0.929 bits per heavy atom. The Balaban J connectivity index is 1.96. The van der Waals surface area contributed by atoms with Crippen LogP contribution in [0.2, 0.25) is 0 Å². The Morgan fingerprint density at radius 2 is 1.71 bits per heavy atom. The van der Waals surface area contributed by atoms with Gasteiger partial charge in [-0.05, 0) is 48.4 Å². The minimum absolute atomic E-state index is 0.108. The summed E-state index contributed by atoms with van der Waals surface area (Å²) in [6.07, 6.45) is 3.87. The van der Waals surface area contributed by atoms with Crippen LogP contribution in [0.5, 0.6) is 5.75 Å². The first-order valence-electron chi connectivity index (χ1n) is 9.07. The van der Waals surface area contributed by atoms with Crippen LogP contribution in [0.1, 0.15) is 17.0 Å². The summed E-state index contributed by atoms with van der Waals surface area (Å²) in [5.41, 5.74) is 3.53. The Labute approximate surface area is 163 Å². The van der Waals surface area contributed by atoms with Crippen molar-refractivity contribution in [1.82, 2.24) is 9.55 Å². The van der Waals surface area contributed by atoms with Crippen molar-refractivity contribution in [2.45, 2.75) is 6.92 Å². The van der Waals surface area contributed by atoms with E-state index in [9.17, 15) is 4.79 Å². The molecule has 1 heterocycles. The molecule has 3 aromatic carbocycles. The second-order valence-corrected chi connectivity index (χ2v) is 6.52. The lowest BCUT2D eigenvalue weighted by atomic mass is 10.1. The molecule has 0 spiro atoms. The van der Waals surface area contributed by atoms with E-state index in [1.165, 1.54) is 0 Å². The quantitative estimate of drug-likeness (QED) is 0.516. The smallest absolute Gasteiger partial charge is 0.266 e. The van der Waals surface area contributed by atoms with Crippen LogP contribution in [0.15, 0.2) is 77.6 Å². The van der Waals surface area contributed by atoms with Crippen molar-refractivity contribution in [2.75, 3.05) is 7.11 Å². The fourth-order valence-corrected chi connectivity index (χ4v) is 3.20. The SMILES string of the molecule is COc1cccc(-n2c(/C=C\c3ccccc3C)nc3ccccc3c2=O)c1. The van der Waals surface area contributed by atoms with Crippen molar-refractivity contribution in [1.29, 1.82) is 0 Å². The van der Waals surface area contributed by atoms with Crippen molar-refractivity contribution in [2.24, 2.45) is 0 Å². The number of ether oxygens (including phenoxy) is 1. The lowest BCUT2D eigenvalue weighted by molar-refractivity contribution is 0.414. The lowest BCUT2D eigenvalue weighted by Crippen LogP contribution is -2.22. The van der Waals surface area contributed by atoms with Gasteiger partial charge in [-0.2, -0.15) is 0 Å². The monoisotopic (exact) mass is 368 g/mol. The molecule has 4 heteroatoms. The Bertz CT molecular complexity index is 1240. The molecule has 0 radical (unpaired) electrons. The number of aryl methyl sites for hydroxylation is 1. The van der Waals surface area contributed by atoms with Crippen LogP contribution in [-0.2, 0) is 0 Å². The van der Waals surface area contributed by atoms with E-state index in [-0.39, 0.29) is 5.56 Å². The van der Waals surface area contributed by atoms with Gasteiger partial charge in [-0.15, -0.1) is 0 Å². The highest BCUT2D eigenvalue weighted by Crippen LogP contribution is 2.19. The predicted octanol–water partition coefficient (Wildman–Crippen LogP) is 4.87. The third kappa shape index (κ3) is 3.32. The van der Waals surface area contributed by atoms with E-state index >= 15 is 0 Å². The van der Waals surface area contributed by atoms with Gasteiger partial charge in [-0.3, -0.25) is 9.36 Å². The van der Waals surface area contributed by atoms with E-state index in [4.69, 9.17) is 9.72 Å². The second-order valence-electron chi connectivity index (χ2n) is 6.52. The number of para-hydroxylation sites is 1. The summed E-state index contributed by atoms with van der Waals surface area (Å²) in [7, 11) is 1.61. The first kappa shape index (κ1) is 17.7. The van der Waals surface area contributed by atoms with Gasteiger partial charge in [0.2, 0.25) is 0 Å². The average Bonchev–Trinajstić information content (AvgIpc) is 2.73. The molecular weight excluding hydrogens is 348 g/mol. The van der Waals surface area contributed by atoms with Crippen molar-refractivity contribution in [3.8, 4) is 11.4 Å². The molecule has 0 saturated heterocycles. The standard InChI is InChI=1S/C24H20N2O2/c1-17-8-3-4-9-18(17)14-15-23-25-22-13-6-5-12-21(22)24(27)26(23)19-10-7-11-20(16-19)28-2/h3-16H,1-2H3/b15-14-. The van der Waals surface area contributed by atoms with Crippen LogP contribution in [0.3, 0.4) is 0 Å². The van der Waals surface area contributed by atoms with Crippen LogP contribution in [0, 0.1) is 6.92 Å². The first-order chi connectivity index (χ1) is 13.7. The Morgan fingerprint density at radius 3 is 2.54 bits per heavy atom. The zero-order chi connectivity index (χ0) is 19.5. The molecule has 4 rings (SSSR count). The second kappa shape index (κ2) is 7.53. The first-order valence-corrected chi connectivity index (χ1v) is 9.07. The van der Waals surface area contributed by atoms with Gasteiger partial charge < -0.3 is 4.74 Å². The zero-order valence-electron chi connectivity index (χ0n) is 15.8. The molecule has 4 aromatic rings. The van der Waals surface area contributed by atoms with Gasteiger partial charge in [0.1, 0.15) is 11.6 Å². The molecule has 0 amide bonds. The molecule has 0 aliphatic rings. The Hall–Kier alpha value is -3.66. The van der Waals surface area contributed by atoms with Crippen LogP contribution < -0.4 is 10.3 Å². The maximum atomic E-state index is 13.3. The minimum Gasteiger partial charge on any atom is -0.497 e. The molecule has 28 heavy (non-hydrogen) atoms. The van der Waals surface area contributed by atoms with Crippen molar-refractivity contribution >= 4 is 23.1 Å². The molecular formula is C24H20N2O2. The number of nitrogens with zero attached hydrogens (tertiary/aromatic N) is 2. The molecule has 0 aliphatic heterocycles. The van der Waals surface area contributed by atoms with Crippen LogP contribution in [-0.4, -0.2) is 16.7 Å². The summed E-state index contributed by atoms with van der Waals surface area (Å²) in [4.78, 5) is 18.0. The molecule has 0 aliphatic carbocycles. The minimum atomic E-state index is -0.108. The number of methoxy groups -OCH3 is 1. The summed E-state index contributed by atoms with van der Waals surface area (Å²) in [5.74, 6) is 1.26. The highest BCUT2D eigenvalue weighted by Gasteiger charge is 2.11. The number of rotatable bonds is 4. The van der Waals surface area contributed by atoms with Crippen LogP contribution >= 0.6 is 0 Å². The molecule has 0 bridgehead atoms. The summed E-state index contributed by atoms with van der Waals surface area (Å²) in [6.45, 7) is 2.06. The molecule has 4 nitrogen and oxygen atoms in total. The molecule has 138 valence electrons. The lowest BCUT2D eigenvalue weighted by Gasteiger charge is -2.12. The van der Waals surface area contributed by atoms with Crippen molar-refractivity contribution in [3.05, 3.63) is 100 Å². The van der Waals surface area contributed by atoms with E-state index in [1.807, 2.05) is 72.8 Å². The van der Waals surface area contributed by atoms with Crippen LogP contribution in [0.25, 0.3) is 28.7 Å². The normalized spacial score (nSPS) is 11.2. The third-order valence-corrected chi connectivity index (χ3v) is 4.71. The maximum Gasteiger partial charge on any atom is 0.266 e. The Kier molecular flexibility index (Phi) is 4.77. The van der Waals surface area contributed by atoms with Gasteiger partial charge in [-0.25, -0.2) is 4.98 Å². The van der Waals surface area contributed by atoms with Crippen molar-refractivity contribution in [3.63, 3.8) is 0 Å². The van der Waals surface area contributed by atoms with E-state index < -0.39 is 0 Å².